The third-order valence-corrected chi connectivity index (χ3v) is 5.59. The number of likely N-dealkylation sites (tertiary alicyclic amines) is 1. The summed E-state index contributed by atoms with van der Waals surface area (Å²) in [6.45, 7) is 9.17. The largest absolute Gasteiger partial charge is 0.454 e. The maximum absolute atomic E-state index is 12.9. The summed E-state index contributed by atoms with van der Waals surface area (Å²) in [5, 5.41) is 0. The highest BCUT2D eigenvalue weighted by Gasteiger charge is 2.22. The molecule has 0 aliphatic carbocycles. The number of ether oxygens (including phenoxy) is 2. The summed E-state index contributed by atoms with van der Waals surface area (Å²) in [5.41, 5.74) is 3.85. The lowest BCUT2D eigenvalue weighted by atomic mass is 9.99. The highest BCUT2D eigenvalue weighted by atomic mass is 16.7. The predicted molar refractivity (Wildman–Crippen MR) is 101 cm³/mol. The van der Waals surface area contributed by atoms with E-state index in [2.05, 4.69) is 16.4 Å². The third-order valence-electron chi connectivity index (χ3n) is 5.59. The molecule has 0 atom stereocenters. The average Bonchev–Trinajstić information content (AvgIpc) is 3.20. The Morgan fingerprint density at radius 2 is 1.85 bits per heavy atom. The van der Waals surface area contributed by atoms with Crippen LogP contribution in [0.1, 0.15) is 41.5 Å². The smallest absolute Gasteiger partial charge is 0.231 e. The minimum absolute atomic E-state index is 0.208. The summed E-state index contributed by atoms with van der Waals surface area (Å²) in [7, 11) is 0. The van der Waals surface area contributed by atoms with Gasteiger partial charge in [-0.15, -0.1) is 0 Å². The number of rotatable bonds is 4. The van der Waals surface area contributed by atoms with Gasteiger partial charge in [-0.3, -0.25) is 9.69 Å². The number of piperidine rings is 1. The molecular formula is C21H26N2O3. The van der Waals surface area contributed by atoms with E-state index in [1.165, 1.54) is 12.8 Å². The molecule has 0 bridgehead atoms. The van der Waals surface area contributed by atoms with Gasteiger partial charge in [0.2, 0.25) is 6.79 Å². The van der Waals surface area contributed by atoms with Gasteiger partial charge in [0.1, 0.15) is 0 Å². The minimum atomic E-state index is 0.208. The molecule has 5 heteroatoms. The van der Waals surface area contributed by atoms with Crippen molar-refractivity contribution in [3.05, 3.63) is 41.2 Å². The van der Waals surface area contributed by atoms with E-state index in [9.17, 15) is 4.79 Å². The molecule has 1 aromatic carbocycles. The monoisotopic (exact) mass is 354 g/mol. The zero-order chi connectivity index (χ0) is 18.3. The van der Waals surface area contributed by atoms with Crippen LogP contribution < -0.4 is 9.47 Å². The molecule has 4 rings (SSSR count). The second-order valence-corrected chi connectivity index (χ2v) is 7.54. The molecule has 0 spiro atoms. The first-order chi connectivity index (χ1) is 12.5. The van der Waals surface area contributed by atoms with Crippen molar-refractivity contribution in [2.24, 2.45) is 5.92 Å². The lowest BCUT2D eigenvalue weighted by Gasteiger charge is -2.29. The summed E-state index contributed by atoms with van der Waals surface area (Å²) in [6, 6.07) is 7.91. The van der Waals surface area contributed by atoms with Crippen molar-refractivity contribution >= 4 is 5.78 Å². The number of carbonyl (C=O) groups is 1. The zero-order valence-corrected chi connectivity index (χ0v) is 15.7. The molecule has 138 valence electrons. The average molecular weight is 354 g/mol. The molecule has 1 saturated heterocycles. The molecule has 0 amide bonds. The van der Waals surface area contributed by atoms with Crippen LogP contribution in [0.4, 0.5) is 0 Å². The van der Waals surface area contributed by atoms with E-state index in [0.717, 1.165) is 53.1 Å². The van der Waals surface area contributed by atoms with Gasteiger partial charge in [-0.25, -0.2) is 0 Å². The molecule has 1 aromatic heterocycles. The van der Waals surface area contributed by atoms with Gasteiger partial charge in [0, 0.05) is 28.7 Å². The number of aromatic nitrogens is 1. The SMILES string of the molecule is Cc1cc(C(=O)CN2CCC(C)CC2)c(C)n1-c1ccc2c(c1)OCO2. The third kappa shape index (κ3) is 3.12. The fraction of sp³-hybridized carbons (Fsp3) is 0.476. The summed E-state index contributed by atoms with van der Waals surface area (Å²) >= 11 is 0. The first kappa shape index (κ1) is 17.2. The van der Waals surface area contributed by atoms with Crippen LogP contribution in [0.3, 0.4) is 0 Å². The summed E-state index contributed by atoms with van der Waals surface area (Å²) in [5.74, 6) is 2.51. The molecule has 1 fully saturated rings. The predicted octanol–water partition coefficient (Wildman–Crippen LogP) is 3.74. The van der Waals surface area contributed by atoms with E-state index in [1.807, 2.05) is 38.1 Å². The molecular weight excluding hydrogens is 328 g/mol. The Hall–Kier alpha value is -2.27. The zero-order valence-electron chi connectivity index (χ0n) is 15.7. The standard InChI is InChI=1S/C21H26N2O3/c1-14-6-8-22(9-7-14)12-19(24)18-10-15(2)23(16(18)3)17-4-5-20-21(11-17)26-13-25-20/h4-5,10-11,14H,6-9,12-13H2,1-3H3. The highest BCUT2D eigenvalue weighted by Crippen LogP contribution is 2.35. The van der Waals surface area contributed by atoms with Gasteiger partial charge < -0.3 is 14.0 Å². The lowest BCUT2D eigenvalue weighted by molar-refractivity contribution is 0.0899. The number of fused-ring (bicyclic) bond motifs is 1. The van der Waals surface area contributed by atoms with Crippen molar-refractivity contribution in [1.82, 2.24) is 9.47 Å². The van der Waals surface area contributed by atoms with Gasteiger partial charge in [0.15, 0.2) is 17.3 Å². The number of ketones is 1. The topological polar surface area (TPSA) is 43.7 Å². The normalized spacial score (nSPS) is 17.7. The van der Waals surface area contributed by atoms with Crippen LogP contribution in [-0.4, -0.2) is 41.7 Å². The van der Waals surface area contributed by atoms with Gasteiger partial charge in [-0.1, -0.05) is 6.92 Å². The van der Waals surface area contributed by atoms with Crippen molar-refractivity contribution in [3.8, 4) is 17.2 Å². The molecule has 2 aliphatic heterocycles. The van der Waals surface area contributed by atoms with Crippen molar-refractivity contribution in [1.29, 1.82) is 0 Å². The highest BCUT2D eigenvalue weighted by molar-refractivity contribution is 5.99. The van der Waals surface area contributed by atoms with E-state index in [-0.39, 0.29) is 12.6 Å². The van der Waals surface area contributed by atoms with Crippen molar-refractivity contribution in [2.75, 3.05) is 26.4 Å². The number of hydrogen-bond acceptors (Lipinski definition) is 4. The van der Waals surface area contributed by atoms with Gasteiger partial charge in [-0.05, 0) is 63.9 Å². The number of benzene rings is 1. The second-order valence-electron chi connectivity index (χ2n) is 7.54. The van der Waals surface area contributed by atoms with Crippen LogP contribution in [0.15, 0.2) is 24.3 Å². The molecule has 2 aliphatic rings. The Bertz CT molecular complexity index is 832. The van der Waals surface area contributed by atoms with Crippen LogP contribution in [0.25, 0.3) is 5.69 Å². The van der Waals surface area contributed by atoms with E-state index >= 15 is 0 Å². The number of hydrogen-bond donors (Lipinski definition) is 0. The van der Waals surface area contributed by atoms with E-state index in [4.69, 9.17) is 9.47 Å². The van der Waals surface area contributed by atoms with Gasteiger partial charge in [0.05, 0.1) is 6.54 Å². The van der Waals surface area contributed by atoms with Gasteiger partial charge in [0.25, 0.3) is 0 Å². The molecule has 0 unspecified atom stereocenters. The van der Waals surface area contributed by atoms with Crippen LogP contribution >= 0.6 is 0 Å². The summed E-state index contributed by atoms with van der Waals surface area (Å²) in [6.07, 6.45) is 2.37. The first-order valence-corrected chi connectivity index (χ1v) is 9.37. The summed E-state index contributed by atoms with van der Waals surface area (Å²) < 4.78 is 13.0. The molecule has 0 N–H and O–H groups in total. The fourth-order valence-corrected chi connectivity index (χ4v) is 3.98. The Balaban J connectivity index is 1.57. The van der Waals surface area contributed by atoms with Crippen molar-refractivity contribution < 1.29 is 14.3 Å². The van der Waals surface area contributed by atoms with Crippen LogP contribution in [0.5, 0.6) is 11.5 Å². The van der Waals surface area contributed by atoms with Crippen LogP contribution in [-0.2, 0) is 0 Å². The first-order valence-electron chi connectivity index (χ1n) is 9.37. The Labute approximate surface area is 154 Å². The minimum Gasteiger partial charge on any atom is -0.454 e. The number of nitrogens with zero attached hydrogens (tertiary/aromatic N) is 2. The number of carbonyl (C=O) groups excluding carboxylic acids is 1. The molecule has 26 heavy (non-hydrogen) atoms. The quantitative estimate of drug-likeness (QED) is 0.785. The van der Waals surface area contributed by atoms with E-state index in [0.29, 0.717) is 6.54 Å². The molecule has 2 aromatic rings. The second kappa shape index (κ2) is 6.80. The van der Waals surface area contributed by atoms with Gasteiger partial charge >= 0.3 is 0 Å². The van der Waals surface area contributed by atoms with Crippen molar-refractivity contribution in [3.63, 3.8) is 0 Å². The Morgan fingerprint density at radius 3 is 2.62 bits per heavy atom. The lowest BCUT2D eigenvalue weighted by Crippen LogP contribution is -2.36. The number of aryl methyl sites for hydroxylation is 1. The molecule has 0 saturated carbocycles. The van der Waals surface area contributed by atoms with Gasteiger partial charge in [-0.2, -0.15) is 0 Å². The molecule has 0 radical (unpaired) electrons. The maximum atomic E-state index is 12.9. The molecule has 5 nitrogen and oxygen atoms in total. The fourth-order valence-electron chi connectivity index (χ4n) is 3.98. The van der Waals surface area contributed by atoms with E-state index in [1.54, 1.807) is 0 Å². The maximum Gasteiger partial charge on any atom is 0.231 e. The van der Waals surface area contributed by atoms with Crippen molar-refractivity contribution in [2.45, 2.75) is 33.6 Å². The summed E-state index contributed by atoms with van der Waals surface area (Å²) in [4.78, 5) is 15.2. The molecule has 3 heterocycles. The Kier molecular flexibility index (Phi) is 4.49. The van der Waals surface area contributed by atoms with Crippen LogP contribution in [0.2, 0.25) is 0 Å². The Morgan fingerprint density at radius 1 is 1.12 bits per heavy atom. The van der Waals surface area contributed by atoms with Crippen LogP contribution in [0, 0.1) is 19.8 Å². The number of Topliss-reactive ketones (excluding diaryl/α,β-unsaturated/α-hetero) is 1. The van der Waals surface area contributed by atoms with E-state index < -0.39 is 0 Å².